The highest BCUT2D eigenvalue weighted by Gasteiger charge is 2.19. The van der Waals surface area contributed by atoms with E-state index in [4.69, 9.17) is 14.5 Å². The van der Waals surface area contributed by atoms with E-state index in [9.17, 15) is 4.79 Å². The molecule has 1 aromatic heterocycles. The number of carbonyl (C=O) groups excluding carboxylic acids is 1. The lowest BCUT2D eigenvalue weighted by Crippen LogP contribution is -2.19. The van der Waals surface area contributed by atoms with Crippen molar-refractivity contribution in [1.29, 1.82) is 0 Å². The van der Waals surface area contributed by atoms with E-state index in [0.717, 1.165) is 23.1 Å². The minimum atomic E-state index is -0.338. The van der Waals surface area contributed by atoms with Crippen molar-refractivity contribution in [3.8, 4) is 11.5 Å². The minimum Gasteiger partial charge on any atom is -0.454 e. The highest BCUT2D eigenvalue weighted by molar-refractivity contribution is 7.22. The van der Waals surface area contributed by atoms with E-state index in [1.54, 1.807) is 18.2 Å². The topological polar surface area (TPSA) is 72.5 Å². The van der Waals surface area contributed by atoms with Crippen LogP contribution < -0.4 is 20.1 Å². The van der Waals surface area contributed by atoms with Crippen molar-refractivity contribution in [2.45, 2.75) is 12.8 Å². The van der Waals surface area contributed by atoms with Gasteiger partial charge in [-0.1, -0.05) is 29.5 Å². The van der Waals surface area contributed by atoms with Crippen LogP contribution in [-0.4, -0.2) is 17.8 Å². The number of rotatable bonds is 2. The predicted molar refractivity (Wildman–Crippen MR) is 110 cm³/mol. The van der Waals surface area contributed by atoms with Gasteiger partial charge in [0.05, 0.1) is 10.2 Å². The summed E-state index contributed by atoms with van der Waals surface area (Å²) in [5, 5.41) is 8.74. The zero-order chi connectivity index (χ0) is 18.7. The highest BCUT2D eigenvalue weighted by atomic mass is 32.1. The molecule has 0 radical (unpaired) electrons. The molecule has 7 heteroatoms. The Labute approximate surface area is 164 Å². The van der Waals surface area contributed by atoms with Gasteiger partial charge >= 0.3 is 6.03 Å². The van der Waals surface area contributed by atoms with Crippen molar-refractivity contribution in [1.82, 2.24) is 4.98 Å². The molecule has 0 saturated heterocycles. The third-order valence-electron chi connectivity index (χ3n) is 5.20. The second kappa shape index (κ2) is 5.84. The molecule has 28 heavy (non-hydrogen) atoms. The summed E-state index contributed by atoms with van der Waals surface area (Å²) in [6, 6.07) is 13.6. The van der Waals surface area contributed by atoms with E-state index in [1.807, 2.05) is 0 Å². The monoisotopic (exact) mass is 389 g/mol. The summed E-state index contributed by atoms with van der Waals surface area (Å²) in [6.45, 7) is 0.203. The van der Waals surface area contributed by atoms with Gasteiger partial charge in [0.15, 0.2) is 16.6 Å². The molecule has 0 atom stereocenters. The Morgan fingerprint density at radius 2 is 1.89 bits per heavy atom. The molecule has 6 nitrogen and oxygen atoms in total. The highest BCUT2D eigenvalue weighted by Crippen LogP contribution is 2.39. The fraction of sp³-hybridized carbons (Fsp3) is 0.143. The van der Waals surface area contributed by atoms with Gasteiger partial charge in [-0.2, -0.15) is 0 Å². The molecule has 2 amide bonds. The Balaban J connectivity index is 1.29. The zero-order valence-corrected chi connectivity index (χ0v) is 15.6. The number of benzene rings is 3. The Bertz CT molecular complexity index is 1280. The fourth-order valence-corrected chi connectivity index (χ4v) is 4.93. The van der Waals surface area contributed by atoms with Crippen molar-refractivity contribution >= 4 is 49.2 Å². The smallest absolute Gasteiger partial charge is 0.325 e. The number of urea groups is 1. The van der Waals surface area contributed by atoms with Crippen LogP contribution in [0.2, 0.25) is 0 Å². The van der Waals surface area contributed by atoms with Crippen molar-refractivity contribution in [2.24, 2.45) is 0 Å². The van der Waals surface area contributed by atoms with Crippen LogP contribution in [0.15, 0.2) is 42.5 Å². The van der Waals surface area contributed by atoms with E-state index in [2.05, 4.69) is 34.9 Å². The van der Waals surface area contributed by atoms with Gasteiger partial charge in [-0.3, -0.25) is 5.32 Å². The van der Waals surface area contributed by atoms with Crippen molar-refractivity contribution < 1.29 is 14.3 Å². The van der Waals surface area contributed by atoms with Crippen LogP contribution in [0, 0.1) is 0 Å². The average molecular weight is 389 g/mol. The summed E-state index contributed by atoms with van der Waals surface area (Å²) in [6.07, 6.45) is 2.16. The molecule has 0 spiro atoms. The number of hydrogen-bond donors (Lipinski definition) is 2. The molecule has 0 fully saturated rings. The number of carbonyl (C=O) groups is 1. The zero-order valence-electron chi connectivity index (χ0n) is 14.7. The van der Waals surface area contributed by atoms with Crippen LogP contribution in [0.25, 0.3) is 21.0 Å². The van der Waals surface area contributed by atoms with Crippen LogP contribution in [0.5, 0.6) is 11.5 Å². The minimum absolute atomic E-state index is 0.203. The number of amides is 2. The summed E-state index contributed by atoms with van der Waals surface area (Å²) in [5.41, 5.74) is 4.34. The lowest BCUT2D eigenvalue weighted by molar-refractivity contribution is 0.174. The third kappa shape index (κ3) is 2.40. The molecule has 3 aromatic carbocycles. The van der Waals surface area contributed by atoms with Gasteiger partial charge in [0.2, 0.25) is 6.79 Å². The number of ether oxygens (including phenoxy) is 2. The largest absolute Gasteiger partial charge is 0.454 e. The molecule has 1 aliphatic heterocycles. The summed E-state index contributed by atoms with van der Waals surface area (Å²) < 4.78 is 11.7. The van der Waals surface area contributed by atoms with Gasteiger partial charge in [0.1, 0.15) is 0 Å². The fourth-order valence-electron chi connectivity index (χ4n) is 3.99. The van der Waals surface area contributed by atoms with Crippen molar-refractivity contribution in [3.63, 3.8) is 0 Å². The quantitative estimate of drug-likeness (QED) is 0.510. The van der Waals surface area contributed by atoms with Crippen molar-refractivity contribution in [2.75, 3.05) is 17.4 Å². The van der Waals surface area contributed by atoms with Gasteiger partial charge in [0.25, 0.3) is 0 Å². The number of aromatic nitrogens is 1. The van der Waals surface area contributed by atoms with E-state index in [0.29, 0.717) is 22.3 Å². The van der Waals surface area contributed by atoms with Gasteiger partial charge in [-0.15, -0.1) is 0 Å². The molecule has 2 aliphatic rings. The Morgan fingerprint density at radius 3 is 2.86 bits per heavy atom. The number of aryl methyl sites for hydroxylation is 2. The summed E-state index contributed by atoms with van der Waals surface area (Å²) >= 11 is 1.50. The second-order valence-corrected chi connectivity index (χ2v) is 7.92. The summed E-state index contributed by atoms with van der Waals surface area (Å²) in [7, 11) is 0. The lowest BCUT2D eigenvalue weighted by atomic mass is 10.0. The van der Waals surface area contributed by atoms with Gasteiger partial charge in [-0.25, -0.2) is 9.78 Å². The van der Waals surface area contributed by atoms with Gasteiger partial charge in [-0.05, 0) is 47.6 Å². The standard InChI is InChI=1S/C21H15N3O3S/c25-20(22-13-6-7-15-16(9-13)27-10-26-15)24-21-23-19-14-3-1-2-11-4-5-12(18(11)14)8-17(19)28-21/h1-3,6-9H,4-5,10H2,(H2,22,23,24,25). The number of nitrogens with zero attached hydrogens (tertiary/aromatic N) is 1. The normalized spacial score (nSPS) is 14.0. The Morgan fingerprint density at radius 1 is 1.00 bits per heavy atom. The SMILES string of the molecule is O=C(Nc1ccc2c(c1)OCO2)Nc1nc2c(cc3c4c(cccc42)CC3)s1. The van der Waals surface area contributed by atoms with Crippen LogP contribution in [0.4, 0.5) is 15.6 Å². The van der Waals surface area contributed by atoms with Crippen LogP contribution in [0.3, 0.4) is 0 Å². The van der Waals surface area contributed by atoms with Gasteiger partial charge < -0.3 is 14.8 Å². The lowest BCUT2D eigenvalue weighted by Gasteiger charge is -2.06. The number of nitrogens with one attached hydrogen (secondary N) is 2. The molecule has 4 aromatic rings. The Hall–Kier alpha value is -3.32. The first-order valence-electron chi connectivity index (χ1n) is 9.06. The van der Waals surface area contributed by atoms with Crippen LogP contribution in [-0.2, 0) is 12.8 Å². The van der Waals surface area contributed by atoms with E-state index in [-0.39, 0.29) is 12.8 Å². The maximum absolute atomic E-state index is 12.4. The number of anilines is 2. The molecule has 138 valence electrons. The molecular formula is C21H15N3O3S. The molecular weight excluding hydrogens is 374 g/mol. The maximum Gasteiger partial charge on any atom is 0.325 e. The predicted octanol–water partition coefficient (Wildman–Crippen LogP) is 4.92. The summed E-state index contributed by atoms with van der Waals surface area (Å²) in [4.78, 5) is 17.1. The van der Waals surface area contributed by atoms with Crippen LogP contribution in [0.1, 0.15) is 11.1 Å². The van der Waals surface area contributed by atoms with Crippen molar-refractivity contribution in [3.05, 3.63) is 53.6 Å². The molecule has 2 N–H and O–H groups in total. The summed E-state index contributed by atoms with van der Waals surface area (Å²) in [5.74, 6) is 1.31. The molecule has 6 rings (SSSR count). The molecule has 0 bridgehead atoms. The molecule has 1 aliphatic carbocycles. The first kappa shape index (κ1) is 15.7. The molecule has 2 heterocycles. The first-order valence-corrected chi connectivity index (χ1v) is 9.88. The van der Waals surface area contributed by atoms with E-state index < -0.39 is 0 Å². The third-order valence-corrected chi connectivity index (χ3v) is 6.12. The number of thiazole rings is 1. The second-order valence-electron chi connectivity index (χ2n) is 6.89. The number of hydrogen-bond acceptors (Lipinski definition) is 5. The average Bonchev–Trinajstić information content (AvgIpc) is 3.40. The van der Waals surface area contributed by atoms with Crippen LogP contribution >= 0.6 is 11.3 Å². The van der Waals surface area contributed by atoms with E-state index >= 15 is 0 Å². The first-order chi connectivity index (χ1) is 13.7. The number of fused-ring (bicyclic) bond motifs is 3. The molecule has 0 saturated carbocycles. The Kier molecular flexibility index (Phi) is 3.28. The molecule has 0 unspecified atom stereocenters. The van der Waals surface area contributed by atoms with E-state index in [1.165, 1.54) is 33.2 Å². The van der Waals surface area contributed by atoms with Gasteiger partial charge in [0, 0.05) is 17.1 Å². The maximum atomic E-state index is 12.4.